The minimum atomic E-state index is 0.0514. The molecule has 0 atom stereocenters. The van der Waals surface area contributed by atoms with Crippen molar-refractivity contribution in [3.8, 4) is 0 Å². The van der Waals surface area contributed by atoms with Gasteiger partial charge >= 0.3 is 0 Å². The highest BCUT2D eigenvalue weighted by molar-refractivity contribution is 5.25. The van der Waals surface area contributed by atoms with Crippen molar-refractivity contribution < 1.29 is 0 Å². The van der Waals surface area contributed by atoms with E-state index in [1.807, 2.05) is 0 Å². The minimum Gasteiger partial charge on any atom is -0.309 e. The Morgan fingerprint density at radius 3 is 2.40 bits per heavy atom. The Balaban J connectivity index is 2.20. The van der Waals surface area contributed by atoms with E-state index in [-0.39, 0.29) is 11.1 Å². The molecule has 1 N–H and O–H groups in total. The summed E-state index contributed by atoms with van der Waals surface area (Å²) < 4.78 is 2.17. The van der Waals surface area contributed by atoms with Gasteiger partial charge in [0.25, 0.3) is 0 Å². The Morgan fingerprint density at radius 1 is 1.25 bits per heavy atom. The van der Waals surface area contributed by atoms with Crippen molar-refractivity contribution in [3.63, 3.8) is 0 Å². The second-order valence-corrected chi connectivity index (χ2v) is 7.75. The molecule has 0 bridgehead atoms. The van der Waals surface area contributed by atoms with Crippen molar-refractivity contribution in [3.05, 3.63) is 17.0 Å². The van der Waals surface area contributed by atoms with E-state index < -0.39 is 0 Å². The van der Waals surface area contributed by atoms with Crippen LogP contribution < -0.4 is 5.32 Å². The molecule has 0 spiro atoms. The zero-order valence-corrected chi connectivity index (χ0v) is 14.2. The SMILES string of the molecule is Cc1nn(C(C)(C)C)c(C)c1CN1CCNC(C)(C)C1. The van der Waals surface area contributed by atoms with Crippen LogP contribution in [0.25, 0.3) is 0 Å². The van der Waals surface area contributed by atoms with Gasteiger partial charge in [-0.15, -0.1) is 0 Å². The summed E-state index contributed by atoms with van der Waals surface area (Å²) in [5, 5.41) is 8.33. The molecule has 1 aromatic rings. The summed E-state index contributed by atoms with van der Waals surface area (Å²) in [7, 11) is 0. The third-order valence-corrected chi connectivity index (χ3v) is 4.11. The van der Waals surface area contributed by atoms with Crippen LogP contribution in [0.15, 0.2) is 0 Å². The van der Waals surface area contributed by atoms with Crippen LogP contribution in [0, 0.1) is 13.8 Å². The number of hydrogen-bond acceptors (Lipinski definition) is 3. The number of aromatic nitrogens is 2. The van der Waals surface area contributed by atoms with Gasteiger partial charge in [-0.2, -0.15) is 5.10 Å². The van der Waals surface area contributed by atoms with Crippen molar-refractivity contribution in [2.75, 3.05) is 19.6 Å². The maximum atomic E-state index is 4.76. The average Bonchev–Trinajstić information content (AvgIpc) is 2.55. The molecular formula is C16H30N4. The molecule has 1 fully saturated rings. The Kier molecular flexibility index (Phi) is 4.00. The van der Waals surface area contributed by atoms with Gasteiger partial charge in [-0.05, 0) is 48.5 Å². The summed E-state index contributed by atoms with van der Waals surface area (Å²) in [6.45, 7) is 19.8. The van der Waals surface area contributed by atoms with Gasteiger partial charge in [-0.25, -0.2) is 0 Å². The molecule has 0 aliphatic carbocycles. The summed E-state index contributed by atoms with van der Waals surface area (Å²) in [4.78, 5) is 2.54. The third-order valence-electron chi connectivity index (χ3n) is 4.11. The first kappa shape index (κ1) is 15.5. The summed E-state index contributed by atoms with van der Waals surface area (Å²) in [6, 6.07) is 0. The van der Waals surface area contributed by atoms with E-state index in [9.17, 15) is 0 Å². The van der Waals surface area contributed by atoms with Gasteiger partial charge in [0.15, 0.2) is 0 Å². The molecule has 0 radical (unpaired) electrons. The van der Waals surface area contributed by atoms with Gasteiger partial charge in [-0.1, -0.05) is 0 Å². The molecule has 0 unspecified atom stereocenters. The molecule has 114 valence electrons. The van der Waals surface area contributed by atoms with Gasteiger partial charge < -0.3 is 5.32 Å². The number of rotatable bonds is 2. The van der Waals surface area contributed by atoms with Gasteiger partial charge in [0, 0.05) is 43.0 Å². The second kappa shape index (κ2) is 5.15. The molecule has 1 aliphatic heterocycles. The maximum Gasteiger partial charge on any atom is 0.0641 e. The van der Waals surface area contributed by atoms with E-state index in [4.69, 9.17) is 5.10 Å². The first-order valence-electron chi connectivity index (χ1n) is 7.63. The molecule has 0 saturated carbocycles. The summed E-state index contributed by atoms with van der Waals surface area (Å²) in [5.74, 6) is 0. The first-order valence-corrected chi connectivity index (χ1v) is 7.63. The maximum absolute atomic E-state index is 4.76. The molecule has 1 aliphatic rings. The van der Waals surface area contributed by atoms with Crippen molar-refractivity contribution in [1.29, 1.82) is 0 Å². The number of nitrogens with zero attached hydrogens (tertiary/aromatic N) is 3. The molecule has 1 saturated heterocycles. The van der Waals surface area contributed by atoms with Gasteiger partial charge in [0.2, 0.25) is 0 Å². The van der Waals surface area contributed by atoms with Crippen LogP contribution in [0.2, 0.25) is 0 Å². The zero-order chi connectivity index (χ0) is 15.1. The van der Waals surface area contributed by atoms with Crippen LogP contribution >= 0.6 is 0 Å². The van der Waals surface area contributed by atoms with E-state index in [1.54, 1.807) is 0 Å². The van der Waals surface area contributed by atoms with Crippen LogP contribution in [0.5, 0.6) is 0 Å². The standard InChI is InChI=1S/C16H30N4/c1-12-14(13(2)20(18-12)15(3,4)5)10-19-9-8-17-16(6,7)11-19/h17H,8-11H2,1-7H3. The topological polar surface area (TPSA) is 33.1 Å². The molecule has 4 nitrogen and oxygen atoms in total. The minimum absolute atomic E-state index is 0.0514. The Labute approximate surface area is 123 Å². The lowest BCUT2D eigenvalue weighted by Crippen LogP contribution is -2.56. The molecule has 0 aromatic carbocycles. The van der Waals surface area contributed by atoms with Gasteiger partial charge in [0.1, 0.15) is 0 Å². The third kappa shape index (κ3) is 3.23. The predicted octanol–water partition coefficient (Wildman–Crippen LogP) is 2.44. The van der Waals surface area contributed by atoms with E-state index in [2.05, 4.69) is 63.4 Å². The molecule has 20 heavy (non-hydrogen) atoms. The lowest BCUT2D eigenvalue weighted by atomic mass is 10.0. The van der Waals surface area contributed by atoms with Crippen molar-refractivity contribution >= 4 is 0 Å². The lowest BCUT2D eigenvalue weighted by molar-refractivity contribution is 0.148. The zero-order valence-electron chi connectivity index (χ0n) is 14.2. The van der Waals surface area contributed by atoms with Crippen molar-refractivity contribution in [2.45, 2.75) is 66.1 Å². The number of piperazine rings is 1. The molecule has 0 amide bonds. The summed E-state index contributed by atoms with van der Waals surface area (Å²) in [5.41, 5.74) is 4.15. The lowest BCUT2D eigenvalue weighted by Gasteiger charge is -2.39. The van der Waals surface area contributed by atoms with Crippen LogP contribution in [0.1, 0.15) is 51.6 Å². The fourth-order valence-corrected chi connectivity index (χ4v) is 3.16. The molecule has 1 aromatic heterocycles. The van der Waals surface area contributed by atoms with Crippen LogP contribution in [0.4, 0.5) is 0 Å². The molecule has 2 heterocycles. The second-order valence-electron chi connectivity index (χ2n) is 7.75. The first-order chi connectivity index (χ1) is 9.10. The van der Waals surface area contributed by atoms with E-state index in [0.717, 1.165) is 26.2 Å². The Hall–Kier alpha value is -0.870. The fraction of sp³-hybridized carbons (Fsp3) is 0.812. The molecular weight excluding hydrogens is 248 g/mol. The Bertz CT molecular complexity index is 479. The summed E-state index contributed by atoms with van der Waals surface area (Å²) >= 11 is 0. The van der Waals surface area contributed by atoms with E-state index in [0.29, 0.717) is 0 Å². The largest absolute Gasteiger partial charge is 0.309 e. The fourth-order valence-electron chi connectivity index (χ4n) is 3.16. The van der Waals surface area contributed by atoms with Crippen LogP contribution in [-0.2, 0) is 12.1 Å². The average molecular weight is 278 g/mol. The van der Waals surface area contributed by atoms with E-state index in [1.165, 1.54) is 17.0 Å². The smallest absolute Gasteiger partial charge is 0.0641 e. The monoisotopic (exact) mass is 278 g/mol. The van der Waals surface area contributed by atoms with Crippen LogP contribution in [0.3, 0.4) is 0 Å². The molecule has 2 rings (SSSR count). The molecule has 4 heteroatoms. The van der Waals surface area contributed by atoms with Crippen LogP contribution in [-0.4, -0.2) is 39.9 Å². The quantitative estimate of drug-likeness (QED) is 0.902. The summed E-state index contributed by atoms with van der Waals surface area (Å²) in [6.07, 6.45) is 0. The predicted molar refractivity (Wildman–Crippen MR) is 84.1 cm³/mol. The number of hydrogen-bond donors (Lipinski definition) is 1. The number of aryl methyl sites for hydroxylation is 1. The van der Waals surface area contributed by atoms with E-state index >= 15 is 0 Å². The van der Waals surface area contributed by atoms with Gasteiger partial charge in [0.05, 0.1) is 11.2 Å². The van der Waals surface area contributed by atoms with Crippen molar-refractivity contribution in [2.24, 2.45) is 0 Å². The highest BCUT2D eigenvalue weighted by atomic mass is 15.3. The highest BCUT2D eigenvalue weighted by Crippen LogP contribution is 2.23. The highest BCUT2D eigenvalue weighted by Gasteiger charge is 2.28. The van der Waals surface area contributed by atoms with Crippen molar-refractivity contribution in [1.82, 2.24) is 20.0 Å². The van der Waals surface area contributed by atoms with Gasteiger partial charge in [-0.3, -0.25) is 9.58 Å². The number of nitrogens with one attached hydrogen (secondary N) is 1. The normalized spacial score (nSPS) is 20.4. The Morgan fingerprint density at radius 2 is 1.90 bits per heavy atom.